The molecule has 0 aromatic carbocycles. The van der Waals surface area contributed by atoms with Gasteiger partial charge < -0.3 is 9.47 Å². The van der Waals surface area contributed by atoms with Crippen molar-refractivity contribution >= 4 is 11.7 Å². The number of nitrogens with zero attached hydrogens (tertiary/aromatic N) is 1. The summed E-state index contributed by atoms with van der Waals surface area (Å²) in [5.41, 5.74) is 0.303. The van der Waals surface area contributed by atoms with E-state index in [9.17, 15) is 9.59 Å². The average molecular weight is 263 g/mol. The van der Waals surface area contributed by atoms with Gasteiger partial charge >= 0.3 is 5.91 Å². The average Bonchev–Trinajstić information content (AvgIpc) is 2.79. The van der Waals surface area contributed by atoms with E-state index in [2.05, 4.69) is 0 Å². The minimum Gasteiger partial charge on any atom is -0.483 e. The Hall–Kier alpha value is -2.04. The van der Waals surface area contributed by atoms with Gasteiger partial charge in [0.1, 0.15) is 5.69 Å². The molecule has 0 fully saturated rings. The van der Waals surface area contributed by atoms with Crippen LogP contribution < -0.4 is 0 Å². The Labute approximate surface area is 111 Å². The van der Waals surface area contributed by atoms with E-state index in [1.54, 1.807) is 46.0 Å². The standard InChI is InChI=1S/C14H17NO4/c1-8(2)18-12-11(16)10-6-5-7-15(10)14(17)13(12)19-9(3)4/h5-9H,1-4H3. The molecule has 1 aromatic rings. The van der Waals surface area contributed by atoms with E-state index in [-0.39, 0.29) is 35.4 Å². The second-order valence-electron chi connectivity index (χ2n) is 4.89. The lowest BCUT2D eigenvalue weighted by Gasteiger charge is -2.23. The lowest BCUT2D eigenvalue weighted by molar-refractivity contribution is 0.0533. The SMILES string of the molecule is CC(C)OC1=C(OC(C)C)C(=O)n2cccc2C1=O. The fourth-order valence-corrected chi connectivity index (χ4v) is 1.85. The van der Waals surface area contributed by atoms with Gasteiger partial charge in [-0.3, -0.25) is 14.2 Å². The molecule has 0 bridgehead atoms. The quantitative estimate of drug-likeness (QED) is 0.837. The number of carbonyl (C=O) groups is 2. The molecule has 1 aromatic heterocycles. The van der Waals surface area contributed by atoms with Gasteiger partial charge in [0.15, 0.2) is 0 Å². The third kappa shape index (κ3) is 2.41. The van der Waals surface area contributed by atoms with Gasteiger partial charge in [0, 0.05) is 6.20 Å². The molecular formula is C14H17NO4. The van der Waals surface area contributed by atoms with Crippen LogP contribution in [0.15, 0.2) is 29.8 Å². The van der Waals surface area contributed by atoms with Gasteiger partial charge in [-0.15, -0.1) is 0 Å². The van der Waals surface area contributed by atoms with Crippen LogP contribution in [0.25, 0.3) is 0 Å². The van der Waals surface area contributed by atoms with Gasteiger partial charge in [0.2, 0.25) is 17.3 Å². The summed E-state index contributed by atoms with van der Waals surface area (Å²) in [6.07, 6.45) is 1.12. The Morgan fingerprint density at radius 3 is 2.16 bits per heavy atom. The third-order valence-corrected chi connectivity index (χ3v) is 2.51. The molecule has 102 valence electrons. The highest BCUT2D eigenvalue weighted by Crippen LogP contribution is 2.25. The van der Waals surface area contributed by atoms with E-state index < -0.39 is 0 Å². The summed E-state index contributed by atoms with van der Waals surface area (Å²) in [5, 5.41) is 0. The van der Waals surface area contributed by atoms with E-state index in [0.717, 1.165) is 0 Å². The number of fused-ring (bicyclic) bond motifs is 1. The zero-order valence-electron chi connectivity index (χ0n) is 11.5. The highest BCUT2D eigenvalue weighted by molar-refractivity contribution is 6.17. The number of allylic oxidation sites excluding steroid dienone is 2. The third-order valence-electron chi connectivity index (χ3n) is 2.51. The number of rotatable bonds is 4. The number of aromatic nitrogens is 1. The molecule has 0 atom stereocenters. The molecule has 2 heterocycles. The first kappa shape index (κ1) is 13.4. The van der Waals surface area contributed by atoms with Crippen LogP contribution in [0, 0.1) is 0 Å². The lowest BCUT2D eigenvalue weighted by Crippen LogP contribution is -2.31. The normalized spacial score (nSPS) is 15.3. The van der Waals surface area contributed by atoms with Crippen LogP contribution in [0.3, 0.4) is 0 Å². The number of carbonyl (C=O) groups excluding carboxylic acids is 2. The van der Waals surface area contributed by atoms with Crippen molar-refractivity contribution < 1.29 is 19.1 Å². The summed E-state index contributed by atoms with van der Waals surface area (Å²) in [4.78, 5) is 24.6. The van der Waals surface area contributed by atoms with Crippen molar-refractivity contribution in [3.05, 3.63) is 35.5 Å². The molecule has 2 rings (SSSR count). The Morgan fingerprint density at radius 1 is 1.00 bits per heavy atom. The van der Waals surface area contributed by atoms with Crippen molar-refractivity contribution in [3.63, 3.8) is 0 Å². The Morgan fingerprint density at radius 2 is 1.58 bits per heavy atom. The fourth-order valence-electron chi connectivity index (χ4n) is 1.85. The largest absolute Gasteiger partial charge is 0.483 e. The molecule has 19 heavy (non-hydrogen) atoms. The first-order chi connectivity index (χ1) is 8.91. The number of Topliss-reactive ketones (excluding diaryl/α,β-unsaturated/α-hetero) is 1. The summed E-state index contributed by atoms with van der Waals surface area (Å²) < 4.78 is 12.2. The van der Waals surface area contributed by atoms with Gasteiger partial charge in [-0.25, -0.2) is 0 Å². The number of hydrogen-bond donors (Lipinski definition) is 0. The van der Waals surface area contributed by atoms with E-state index >= 15 is 0 Å². The molecule has 0 saturated carbocycles. The lowest BCUT2D eigenvalue weighted by atomic mass is 10.1. The summed E-state index contributed by atoms with van der Waals surface area (Å²) >= 11 is 0. The summed E-state index contributed by atoms with van der Waals surface area (Å²) in [6.45, 7) is 7.18. The minimum atomic E-state index is -0.371. The smallest absolute Gasteiger partial charge is 0.301 e. The first-order valence-corrected chi connectivity index (χ1v) is 6.26. The zero-order valence-corrected chi connectivity index (χ0v) is 11.5. The molecule has 0 aliphatic carbocycles. The molecule has 0 unspecified atom stereocenters. The van der Waals surface area contributed by atoms with Crippen molar-refractivity contribution in [3.8, 4) is 0 Å². The maximum atomic E-state index is 12.3. The zero-order chi connectivity index (χ0) is 14.2. The van der Waals surface area contributed by atoms with Crippen molar-refractivity contribution in [2.75, 3.05) is 0 Å². The van der Waals surface area contributed by atoms with Crippen molar-refractivity contribution in [1.82, 2.24) is 4.57 Å². The number of ketones is 1. The minimum absolute atomic E-state index is 0.0000926. The van der Waals surface area contributed by atoms with E-state index in [1.165, 1.54) is 4.57 Å². The van der Waals surface area contributed by atoms with E-state index in [4.69, 9.17) is 9.47 Å². The van der Waals surface area contributed by atoms with Gasteiger partial charge in [-0.05, 0) is 39.8 Å². The topological polar surface area (TPSA) is 57.5 Å². The van der Waals surface area contributed by atoms with Crippen LogP contribution in [0.1, 0.15) is 43.0 Å². The molecule has 5 heteroatoms. The van der Waals surface area contributed by atoms with Crippen LogP contribution in [-0.4, -0.2) is 28.5 Å². The highest BCUT2D eigenvalue weighted by atomic mass is 16.5. The van der Waals surface area contributed by atoms with Crippen LogP contribution in [0.5, 0.6) is 0 Å². The van der Waals surface area contributed by atoms with E-state index in [0.29, 0.717) is 5.69 Å². The summed E-state index contributed by atoms with van der Waals surface area (Å²) in [6, 6.07) is 3.24. The fraction of sp³-hybridized carbons (Fsp3) is 0.429. The van der Waals surface area contributed by atoms with Crippen LogP contribution in [-0.2, 0) is 9.47 Å². The Balaban J connectivity index is 2.50. The van der Waals surface area contributed by atoms with Gasteiger partial charge in [0.25, 0.3) is 0 Å². The van der Waals surface area contributed by atoms with Crippen molar-refractivity contribution in [2.45, 2.75) is 39.9 Å². The highest BCUT2D eigenvalue weighted by Gasteiger charge is 2.35. The molecule has 0 N–H and O–H groups in total. The maximum absolute atomic E-state index is 12.3. The Kier molecular flexibility index (Phi) is 3.46. The van der Waals surface area contributed by atoms with Gasteiger partial charge in [-0.1, -0.05) is 0 Å². The monoisotopic (exact) mass is 263 g/mol. The molecule has 1 aliphatic rings. The molecule has 0 spiro atoms. The molecule has 0 saturated heterocycles. The predicted octanol–water partition coefficient (Wildman–Crippen LogP) is 2.39. The van der Waals surface area contributed by atoms with Gasteiger partial charge in [-0.2, -0.15) is 0 Å². The number of ether oxygens (including phenoxy) is 2. The van der Waals surface area contributed by atoms with Crippen molar-refractivity contribution in [2.24, 2.45) is 0 Å². The second-order valence-corrected chi connectivity index (χ2v) is 4.89. The first-order valence-electron chi connectivity index (χ1n) is 6.26. The molecule has 0 radical (unpaired) electrons. The van der Waals surface area contributed by atoms with Gasteiger partial charge in [0.05, 0.1) is 12.2 Å². The second kappa shape index (κ2) is 4.91. The Bertz CT molecular complexity index is 505. The predicted molar refractivity (Wildman–Crippen MR) is 68.9 cm³/mol. The van der Waals surface area contributed by atoms with E-state index in [1.807, 2.05) is 0 Å². The molecule has 5 nitrogen and oxygen atoms in total. The van der Waals surface area contributed by atoms with Crippen LogP contribution in [0.2, 0.25) is 0 Å². The molecule has 0 amide bonds. The van der Waals surface area contributed by atoms with Crippen LogP contribution >= 0.6 is 0 Å². The summed E-state index contributed by atoms with van der Waals surface area (Å²) in [5.74, 6) is -0.713. The summed E-state index contributed by atoms with van der Waals surface area (Å²) in [7, 11) is 0. The number of hydrogen-bond acceptors (Lipinski definition) is 4. The van der Waals surface area contributed by atoms with Crippen molar-refractivity contribution in [1.29, 1.82) is 0 Å². The molecular weight excluding hydrogens is 246 g/mol. The molecule has 1 aliphatic heterocycles. The van der Waals surface area contributed by atoms with Crippen LogP contribution in [0.4, 0.5) is 0 Å². The maximum Gasteiger partial charge on any atom is 0.301 e.